The standard InChI is InChI=1S/C28H29FN2O4/c1-3-35-26-10-5-4-7-22(26)17-31-18-24(16-25(31)28(33)34-2)30-27(32)21-9-6-8-20(15-21)19-11-13-23(29)14-12-19/h4-15,24-25H,3,16-18H2,1-2H3,(H,30,32)/t24-,25-/m0/s1. The average molecular weight is 477 g/mol. The van der Waals surface area contributed by atoms with Crippen LogP contribution in [0.2, 0.25) is 0 Å². The number of nitrogens with zero attached hydrogens (tertiary/aromatic N) is 1. The molecule has 1 heterocycles. The molecule has 1 fully saturated rings. The van der Waals surface area contributed by atoms with Crippen LogP contribution >= 0.6 is 0 Å². The second-order valence-electron chi connectivity index (χ2n) is 8.50. The Morgan fingerprint density at radius 3 is 2.54 bits per heavy atom. The van der Waals surface area contributed by atoms with Gasteiger partial charge in [-0.15, -0.1) is 0 Å². The molecule has 3 aromatic rings. The summed E-state index contributed by atoms with van der Waals surface area (Å²) in [6.45, 7) is 3.49. The summed E-state index contributed by atoms with van der Waals surface area (Å²) >= 11 is 0. The van der Waals surface area contributed by atoms with E-state index in [1.54, 1.807) is 30.3 Å². The number of hydrogen-bond acceptors (Lipinski definition) is 5. The minimum absolute atomic E-state index is 0.222. The minimum atomic E-state index is -0.467. The average Bonchev–Trinajstić information content (AvgIpc) is 3.27. The normalized spacial score (nSPS) is 17.7. The van der Waals surface area contributed by atoms with Crippen molar-refractivity contribution in [2.45, 2.75) is 32.0 Å². The van der Waals surface area contributed by atoms with Gasteiger partial charge in [0.05, 0.1) is 13.7 Å². The number of hydrogen-bond donors (Lipinski definition) is 1. The maximum Gasteiger partial charge on any atom is 0.323 e. The molecule has 1 N–H and O–H groups in total. The second-order valence-corrected chi connectivity index (χ2v) is 8.50. The molecular weight excluding hydrogens is 447 g/mol. The fourth-order valence-corrected chi connectivity index (χ4v) is 4.46. The van der Waals surface area contributed by atoms with Crippen LogP contribution in [0.3, 0.4) is 0 Å². The van der Waals surface area contributed by atoms with Gasteiger partial charge in [-0.25, -0.2) is 4.39 Å². The molecule has 3 aromatic carbocycles. The second kappa shape index (κ2) is 11.1. The lowest BCUT2D eigenvalue weighted by Gasteiger charge is -2.23. The number of ether oxygens (including phenoxy) is 2. The molecule has 2 atom stereocenters. The van der Waals surface area contributed by atoms with E-state index >= 15 is 0 Å². The molecule has 1 amide bonds. The van der Waals surface area contributed by atoms with E-state index in [1.807, 2.05) is 42.2 Å². The van der Waals surface area contributed by atoms with E-state index in [2.05, 4.69) is 5.32 Å². The fraction of sp³-hybridized carbons (Fsp3) is 0.286. The summed E-state index contributed by atoms with van der Waals surface area (Å²) in [5, 5.41) is 3.07. The van der Waals surface area contributed by atoms with Crippen LogP contribution in [-0.4, -0.2) is 49.1 Å². The van der Waals surface area contributed by atoms with Crippen molar-refractivity contribution in [1.29, 1.82) is 0 Å². The Balaban J connectivity index is 1.48. The van der Waals surface area contributed by atoms with Gasteiger partial charge in [-0.2, -0.15) is 0 Å². The van der Waals surface area contributed by atoms with E-state index in [9.17, 15) is 14.0 Å². The van der Waals surface area contributed by atoms with Crippen molar-refractivity contribution < 1.29 is 23.5 Å². The Morgan fingerprint density at radius 1 is 1.03 bits per heavy atom. The molecule has 0 aliphatic carbocycles. The predicted molar refractivity (Wildman–Crippen MR) is 132 cm³/mol. The Hall–Kier alpha value is -3.71. The van der Waals surface area contributed by atoms with Crippen LogP contribution in [0.5, 0.6) is 5.75 Å². The van der Waals surface area contributed by atoms with E-state index < -0.39 is 6.04 Å². The number of carbonyl (C=O) groups is 2. The van der Waals surface area contributed by atoms with Gasteiger partial charge in [-0.3, -0.25) is 14.5 Å². The van der Waals surface area contributed by atoms with E-state index in [0.29, 0.717) is 31.7 Å². The molecule has 35 heavy (non-hydrogen) atoms. The molecule has 0 bridgehead atoms. The first-order valence-corrected chi connectivity index (χ1v) is 11.7. The largest absolute Gasteiger partial charge is 0.494 e. The van der Waals surface area contributed by atoms with Crippen molar-refractivity contribution in [3.63, 3.8) is 0 Å². The first kappa shape index (κ1) is 24.4. The number of benzene rings is 3. The van der Waals surface area contributed by atoms with Crippen molar-refractivity contribution in [1.82, 2.24) is 10.2 Å². The topological polar surface area (TPSA) is 67.9 Å². The quantitative estimate of drug-likeness (QED) is 0.487. The van der Waals surface area contributed by atoms with Gasteiger partial charge >= 0.3 is 5.97 Å². The summed E-state index contributed by atoms with van der Waals surface area (Å²) < 4.78 is 24.1. The zero-order chi connectivity index (χ0) is 24.8. The maximum atomic E-state index is 13.3. The molecule has 0 radical (unpaired) electrons. The Labute approximate surface area is 204 Å². The minimum Gasteiger partial charge on any atom is -0.494 e. The zero-order valence-electron chi connectivity index (χ0n) is 19.9. The number of carbonyl (C=O) groups excluding carboxylic acids is 2. The third-order valence-corrected chi connectivity index (χ3v) is 6.16. The van der Waals surface area contributed by atoms with Crippen LogP contribution in [-0.2, 0) is 16.1 Å². The van der Waals surface area contributed by atoms with Gasteiger partial charge in [-0.05, 0) is 54.8 Å². The van der Waals surface area contributed by atoms with E-state index in [1.165, 1.54) is 19.2 Å². The zero-order valence-corrected chi connectivity index (χ0v) is 19.9. The predicted octanol–water partition coefficient (Wildman–Crippen LogP) is 4.44. The van der Waals surface area contributed by atoms with Crippen LogP contribution in [0, 0.1) is 5.82 Å². The maximum absolute atomic E-state index is 13.3. The van der Waals surface area contributed by atoms with Crippen molar-refractivity contribution in [3.8, 4) is 16.9 Å². The molecule has 7 heteroatoms. The lowest BCUT2D eigenvalue weighted by atomic mass is 10.0. The molecule has 1 aliphatic heterocycles. The van der Waals surface area contributed by atoms with Gasteiger partial charge in [0.25, 0.3) is 5.91 Å². The molecule has 1 saturated heterocycles. The third kappa shape index (κ3) is 5.87. The van der Waals surface area contributed by atoms with Gasteiger partial charge < -0.3 is 14.8 Å². The smallest absolute Gasteiger partial charge is 0.323 e. The van der Waals surface area contributed by atoms with Crippen molar-refractivity contribution in [3.05, 3.63) is 89.7 Å². The van der Waals surface area contributed by atoms with Crippen molar-refractivity contribution in [2.75, 3.05) is 20.3 Å². The number of esters is 1. The number of para-hydroxylation sites is 1. The number of halogens is 1. The highest BCUT2D eigenvalue weighted by atomic mass is 19.1. The molecule has 1 aliphatic rings. The monoisotopic (exact) mass is 476 g/mol. The molecule has 0 unspecified atom stereocenters. The van der Waals surface area contributed by atoms with E-state index in [-0.39, 0.29) is 23.7 Å². The molecule has 182 valence electrons. The fourth-order valence-electron chi connectivity index (χ4n) is 4.46. The number of likely N-dealkylation sites (tertiary alicyclic amines) is 1. The summed E-state index contributed by atoms with van der Waals surface area (Å²) in [6, 6.07) is 20.4. The van der Waals surface area contributed by atoms with Gasteiger partial charge in [0, 0.05) is 30.3 Å². The van der Waals surface area contributed by atoms with Crippen LogP contribution < -0.4 is 10.1 Å². The van der Waals surface area contributed by atoms with Gasteiger partial charge in [0.15, 0.2) is 0 Å². The summed E-state index contributed by atoms with van der Waals surface area (Å²) in [5.74, 6) is -0.0747. The highest BCUT2D eigenvalue weighted by Crippen LogP contribution is 2.27. The summed E-state index contributed by atoms with van der Waals surface area (Å²) in [7, 11) is 1.38. The molecule has 6 nitrogen and oxygen atoms in total. The summed E-state index contributed by atoms with van der Waals surface area (Å²) in [4.78, 5) is 27.6. The SMILES string of the molecule is CCOc1ccccc1CN1C[C@@H](NC(=O)c2cccc(-c3ccc(F)cc3)c2)C[C@H]1C(=O)OC. The van der Waals surface area contributed by atoms with Crippen LogP contribution in [0.25, 0.3) is 11.1 Å². The Bertz CT molecular complexity index is 1180. The van der Waals surface area contributed by atoms with Crippen LogP contribution in [0.1, 0.15) is 29.3 Å². The number of rotatable bonds is 8. The number of amides is 1. The molecule has 0 aromatic heterocycles. The van der Waals surface area contributed by atoms with Gasteiger partial charge in [-0.1, -0.05) is 42.5 Å². The lowest BCUT2D eigenvalue weighted by Crippen LogP contribution is -2.37. The highest BCUT2D eigenvalue weighted by Gasteiger charge is 2.38. The van der Waals surface area contributed by atoms with Crippen molar-refractivity contribution in [2.24, 2.45) is 0 Å². The first-order chi connectivity index (χ1) is 17.0. The van der Waals surface area contributed by atoms with Crippen LogP contribution in [0.4, 0.5) is 4.39 Å². The summed E-state index contributed by atoms with van der Waals surface area (Å²) in [6.07, 6.45) is 0.451. The lowest BCUT2D eigenvalue weighted by molar-refractivity contribution is -0.146. The molecular formula is C28H29FN2O4. The van der Waals surface area contributed by atoms with Gasteiger partial charge in [0.1, 0.15) is 17.6 Å². The number of methoxy groups -OCH3 is 1. The highest BCUT2D eigenvalue weighted by molar-refractivity contribution is 5.95. The number of nitrogens with one attached hydrogen (secondary N) is 1. The Morgan fingerprint density at radius 2 is 1.80 bits per heavy atom. The van der Waals surface area contributed by atoms with E-state index in [4.69, 9.17) is 9.47 Å². The van der Waals surface area contributed by atoms with Crippen LogP contribution in [0.15, 0.2) is 72.8 Å². The summed E-state index contributed by atoms with van der Waals surface area (Å²) in [5.41, 5.74) is 3.13. The Kier molecular flexibility index (Phi) is 7.77. The first-order valence-electron chi connectivity index (χ1n) is 11.7. The van der Waals surface area contributed by atoms with Gasteiger partial charge in [0.2, 0.25) is 0 Å². The molecule has 0 spiro atoms. The van der Waals surface area contributed by atoms with E-state index in [0.717, 1.165) is 22.4 Å². The third-order valence-electron chi connectivity index (χ3n) is 6.16. The molecule has 0 saturated carbocycles. The van der Waals surface area contributed by atoms with Crippen molar-refractivity contribution >= 4 is 11.9 Å². The molecule has 4 rings (SSSR count).